The Bertz CT molecular complexity index is 1070. The van der Waals surface area contributed by atoms with Gasteiger partial charge >= 0.3 is 12.1 Å². The molecule has 0 aromatic heterocycles. The van der Waals surface area contributed by atoms with Gasteiger partial charge < -0.3 is 4.74 Å². The first-order chi connectivity index (χ1) is 12.6. The minimum absolute atomic E-state index is 0.103. The molecule has 3 rings (SSSR count). The molecular formula is C18H13F3O5S. The van der Waals surface area contributed by atoms with Crippen LogP contribution in [0.5, 0.6) is 0 Å². The minimum Gasteiger partial charge on any atom is -0.448 e. The zero-order valence-electron chi connectivity index (χ0n) is 13.6. The zero-order valence-corrected chi connectivity index (χ0v) is 14.4. The highest BCUT2D eigenvalue weighted by Crippen LogP contribution is 2.31. The van der Waals surface area contributed by atoms with Gasteiger partial charge in [-0.25, -0.2) is 4.79 Å². The second-order valence-corrected chi connectivity index (χ2v) is 7.38. The average Bonchev–Trinajstić information content (AvgIpc) is 2.57. The molecule has 0 aliphatic heterocycles. The first-order valence-electron chi connectivity index (χ1n) is 7.69. The molecule has 0 heterocycles. The molecule has 0 aliphatic carbocycles. The topological polar surface area (TPSA) is 80.7 Å². The van der Waals surface area contributed by atoms with Gasteiger partial charge in [0.2, 0.25) is 6.10 Å². The Morgan fingerprint density at radius 1 is 1.00 bits per heavy atom. The van der Waals surface area contributed by atoms with E-state index in [0.29, 0.717) is 21.5 Å². The Hall–Kier alpha value is -2.65. The number of halogens is 3. The first-order valence-corrected chi connectivity index (χ1v) is 9.30. The second kappa shape index (κ2) is 6.82. The molecule has 0 radical (unpaired) electrons. The van der Waals surface area contributed by atoms with E-state index in [1.165, 1.54) is 0 Å². The maximum absolute atomic E-state index is 13.1. The van der Waals surface area contributed by atoms with Gasteiger partial charge in [-0.2, -0.15) is 21.6 Å². The summed E-state index contributed by atoms with van der Waals surface area (Å²) in [6.45, 7) is 0. The van der Waals surface area contributed by atoms with E-state index in [9.17, 15) is 26.4 Å². The predicted molar refractivity (Wildman–Crippen MR) is 93.1 cm³/mol. The molecule has 9 heteroatoms. The van der Waals surface area contributed by atoms with E-state index in [2.05, 4.69) is 4.74 Å². The third kappa shape index (κ3) is 4.20. The number of rotatable bonds is 4. The lowest BCUT2D eigenvalue weighted by Gasteiger charge is -2.20. The third-order valence-corrected chi connectivity index (χ3v) is 4.68. The van der Waals surface area contributed by atoms with Gasteiger partial charge in [-0.05, 0) is 27.6 Å². The summed E-state index contributed by atoms with van der Waals surface area (Å²) in [5.41, 5.74) is -0.103. The SMILES string of the molecule is O=C(OC(CS(=O)(=O)O)C(F)(F)F)c1c2ccccc2cc2ccccc12. The van der Waals surface area contributed by atoms with Gasteiger partial charge in [0.25, 0.3) is 10.1 Å². The number of carbonyl (C=O) groups is 1. The van der Waals surface area contributed by atoms with E-state index in [-0.39, 0.29) is 5.56 Å². The molecule has 0 amide bonds. The van der Waals surface area contributed by atoms with E-state index >= 15 is 0 Å². The van der Waals surface area contributed by atoms with Crippen LogP contribution in [0.15, 0.2) is 54.6 Å². The summed E-state index contributed by atoms with van der Waals surface area (Å²) < 4.78 is 74.3. The van der Waals surface area contributed by atoms with E-state index in [1.54, 1.807) is 54.6 Å². The molecular weight excluding hydrogens is 385 g/mol. The Morgan fingerprint density at radius 2 is 1.48 bits per heavy atom. The van der Waals surface area contributed by atoms with Crippen molar-refractivity contribution < 1.29 is 35.7 Å². The molecule has 0 saturated heterocycles. The highest BCUT2D eigenvalue weighted by molar-refractivity contribution is 7.85. The Labute approximate surface area is 152 Å². The molecule has 5 nitrogen and oxygen atoms in total. The van der Waals surface area contributed by atoms with Crippen LogP contribution < -0.4 is 0 Å². The second-order valence-electron chi connectivity index (χ2n) is 5.88. The van der Waals surface area contributed by atoms with Crippen molar-refractivity contribution in [3.63, 3.8) is 0 Å². The molecule has 0 fully saturated rings. The molecule has 0 bridgehead atoms. The average molecular weight is 398 g/mol. The monoisotopic (exact) mass is 398 g/mol. The molecule has 0 aliphatic rings. The lowest BCUT2D eigenvalue weighted by Crippen LogP contribution is -2.39. The number of ether oxygens (including phenoxy) is 1. The largest absolute Gasteiger partial charge is 0.448 e. The van der Waals surface area contributed by atoms with E-state index < -0.39 is 34.1 Å². The van der Waals surface area contributed by atoms with Crippen molar-refractivity contribution in [2.45, 2.75) is 12.3 Å². The number of hydrogen-bond acceptors (Lipinski definition) is 4. The van der Waals surface area contributed by atoms with Crippen LogP contribution in [0.25, 0.3) is 21.5 Å². The number of esters is 1. The molecule has 1 unspecified atom stereocenters. The first kappa shape index (κ1) is 19.1. The van der Waals surface area contributed by atoms with Gasteiger partial charge in [0.05, 0.1) is 5.56 Å². The molecule has 1 N–H and O–H groups in total. The normalized spacial score (nSPS) is 13.6. The summed E-state index contributed by atoms with van der Waals surface area (Å²) >= 11 is 0. The highest BCUT2D eigenvalue weighted by atomic mass is 32.2. The van der Waals surface area contributed by atoms with Crippen molar-refractivity contribution >= 4 is 37.6 Å². The number of benzene rings is 3. The number of carbonyl (C=O) groups excluding carboxylic acids is 1. The zero-order chi connectivity index (χ0) is 19.8. The number of alkyl halides is 3. The fourth-order valence-electron chi connectivity index (χ4n) is 2.81. The third-order valence-electron chi connectivity index (χ3n) is 3.95. The summed E-state index contributed by atoms with van der Waals surface area (Å²) in [7, 11) is -5.02. The van der Waals surface area contributed by atoms with Crippen LogP contribution in [0, 0.1) is 0 Å². The van der Waals surface area contributed by atoms with E-state index in [0.717, 1.165) is 0 Å². The lowest BCUT2D eigenvalue weighted by molar-refractivity contribution is -0.197. The predicted octanol–water partition coefficient (Wildman–Crippen LogP) is 3.97. The fourth-order valence-corrected chi connectivity index (χ4v) is 3.45. The Kier molecular flexibility index (Phi) is 4.83. The maximum Gasteiger partial charge on any atom is 0.426 e. The molecule has 1 atom stereocenters. The van der Waals surface area contributed by atoms with Crippen molar-refractivity contribution in [3.05, 3.63) is 60.2 Å². The molecule has 0 saturated carbocycles. The van der Waals surface area contributed by atoms with Crippen molar-refractivity contribution in [2.24, 2.45) is 0 Å². The van der Waals surface area contributed by atoms with Crippen LogP contribution in [0.3, 0.4) is 0 Å². The lowest BCUT2D eigenvalue weighted by atomic mass is 9.97. The summed E-state index contributed by atoms with van der Waals surface area (Å²) in [6.07, 6.45) is -8.15. The molecule has 27 heavy (non-hydrogen) atoms. The molecule has 3 aromatic rings. The van der Waals surface area contributed by atoms with Gasteiger partial charge in [0.1, 0.15) is 5.75 Å². The Morgan fingerprint density at radius 3 is 1.93 bits per heavy atom. The summed E-state index contributed by atoms with van der Waals surface area (Å²) in [5.74, 6) is -3.10. The number of fused-ring (bicyclic) bond motifs is 2. The van der Waals surface area contributed by atoms with Gasteiger partial charge in [0.15, 0.2) is 0 Å². The van der Waals surface area contributed by atoms with Crippen molar-refractivity contribution in [1.29, 1.82) is 0 Å². The quantitative estimate of drug-likeness (QED) is 0.409. The summed E-state index contributed by atoms with van der Waals surface area (Å²) in [6, 6.07) is 14.9. The molecule has 3 aromatic carbocycles. The van der Waals surface area contributed by atoms with Gasteiger partial charge in [-0.3, -0.25) is 4.55 Å². The summed E-state index contributed by atoms with van der Waals surface area (Å²) in [4.78, 5) is 12.6. The standard InChI is InChI=1S/C18H13F3O5S/c19-18(20,21)15(10-27(23,24)25)26-17(22)16-13-7-3-1-5-11(13)9-12-6-2-4-8-14(12)16/h1-9,15H,10H2,(H,23,24,25). The van der Waals surface area contributed by atoms with Crippen LogP contribution in [0.2, 0.25) is 0 Å². The van der Waals surface area contributed by atoms with Crippen LogP contribution in [-0.4, -0.2) is 37.0 Å². The summed E-state index contributed by atoms with van der Waals surface area (Å²) in [5, 5.41) is 1.96. The molecule has 142 valence electrons. The fraction of sp³-hybridized carbons (Fsp3) is 0.167. The smallest absolute Gasteiger partial charge is 0.426 e. The van der Waals surface area contributed by atoms with E-state index in [4.69, 9.17) is 4.55 Å². The highest BCUT2D eigenvalue weighted by Gasteiger charge is 2.45. The van der Waals surface area contributed by atoms with Gasteiger partial charge in [-0.1, -0.05) is 48.5 Å². The number of hydrogen-bond donors (Lipinski definition) is 1. The van der Waals surface area contributed by atoms with Crippen LogP contribution in [-0.2, 0) is 14.9 Å². The van der Waals surface area contributed by atoms with Crippen molar-refractivity contribution in [1.82, 2.24) is 0 Å². The van der Waals surface area contributed by atoms with E-state index in [1.807, 2.05) is 0 Å². The minimum atomic E-state index is -5.16. The molecule has 0 spiro atoms. The van der Waals surface area contributed by atoms with Gasteiger partial charge in [-0.15, -0.1) is 0 Å². The van der Waals surface area contributed by atoms with Crippen LogP contribution >= 0.6 is 0 Å². The van der Waals surface area contributed by atoms with Crippen molar-refractivity contribution in [3.8, 4) is 0 Å². The van der Waals surface area contributed by atoms with Gasteiger partial charge in [0, 0.05) is 0 Å². The van der Waals surface area contributed by atoms with Crippen LogP contribution in [0.1, 0.15) is 10.4 Å². The van der Waals surface area contributed by atoms with Crippen LogP contribution in [0.4, 0.5) is 13.2 Å². The van der Waals surface area contributed by atoms with Crippen molar-refractivity contribution in [2.75, 3.05) is 5.75 Å². The maximum atomic E-state index is 13.1. The Balaban J connectivity index is 2.13.